The van der Waals surface area contributed by atoms with Crippen LogP contribution < -0.4 is 4.74 Å². The van der Waals surface area contributed by atoms with Crippen LogP contribution in [0.15, 0.2) is 48.7 Å². The number of carbonyl (C=O) groups is 1. The monoisotopic (exact) mass is 490 g/mol. The van der Waals surface area contributed by atoms with Gasteiger partial charge in [-0.1, -0.05) is 75.8 Å². The minimum absolute atomic E-state index is 0.0252. The summed E-state index contributed by atoms with van der Waals surface area (Å²) in [5.41, 5.74) is -0.0453. The van der Waals surface area contributed by atoms with Gasteiger partial charge in [0.2, 0.25) is 0 Å². The fourth-order valence-electron chi connectivity index (χ4n) is 3.88. The lowest BCUT2D eigenvalue weighted by Crippen LogP contribution is -2.15. The van der Waals surface area contributed by atoms with Gasteiger partial charge in [0.1, 0.15) is 5.75 Å². The Hall–Kier alpha value is -2.33. The first-order valence-electron chi connectivity index (χ1n) is 18.0. The highest BCUT2D eigenvalue weighted by molar-refractivity contribution is 5.91. The number of esters is 1. The standard InChI is InChI=1S/C31H48N2O2/c1-4-5-6-7-8-9-10-11-12-13-14-15-16-17-18-19-23-30(34)35-29-22-20-21-28-31(29)27(26-32-28)24-25-33(2)3/h8-9,11-12,20-22,26,32H,4-7,10,13-19,23-25H2,1-3H3/b9-8-,12-11-/i2D3,3D3,24D2,25D2. The number of allylic oxidation sites excluding steroid dienone is 4. The molecule has 1 N–H and O–H groups in total. The number of aromatic nitrogens is 1. The summed E-state index contributed by atoms with van der Waals surface area (Å²) in [7, 11) is 0. The van der Waals surface area contributed by atoms with Crippen molar-refractivity contribution in [3.8, 4) is 5.75 Å². The van der Waals surface area contributed by atoms with Crippen LogP contribution in [-0.2, 0) is 11.2 Å². The molecule has 2 aromatic rings. The number of nitrogens with one attached hydrogen (secondary N) is 1. The summed E-state index contributed by atoms with van der Waals surface area (Å²) in [6, 6.07) is 4.58. The van der Waals surface area contributed by atoms with E-state index in [1.165, 1.54) is 25.3 Å². The number of ether oxygens (including phenoxy) is 1. The summed E-state index contributed by atoms with van der Waals surface area (Å²) in [6.07, 6.45) is 19.9. The van der Waals surface area contributed by atoms with Crippen LogP contribution in [0.1, 0.15) is 110 Å². The van der Waals surface area contributed by atoms with Crippen LogP contribution >= 0.6 is 0 Å². The Morgan fingerprint density at radius 3 is 2.46 bits per heavy atom. The zero-order valence-electron chi connectivity index (χ0n) is 31.1. The van der Waals surface area contributed by atoms with Gasteiger partial charge < -0.3 is 14.6 Å². The largest absolute Gasteiger partial charge is 0.426 e. The van der Waals surface area contributed by atoms with E-state index >= 15 is 0 Å². The van der Waals surface area contributed by atoms with Crippen molar-refractivity contribution >= 4 is 16.9 Å². The maximum Gasteiger partial charge on any atom is 0.311 e. The molecule has 0 atom stereocenters. The molecule has 0 radical (unpaired) electrons. The van der Waals surface area contributed by atoms with Crippen molar-refractivity contribution in [3.05, 3.63) is 54.3 Å². The molecular formula is C31H48N2O2. The number of aryl methyl sites for hydroxylation is 1. The average molecular weight is 491 g/mol. The highest BCUT2D eigenvalue weighted by Gasteiger charge is 2.13. The van der Waals surface area contributed by atoms with Crippen molar-refractivity contribution in [1.82, 2.24) is 9.88 Å². The van der Waals surface area contributed by atoms with Crippen LogP contribution in [0.4, 0.5) is 0 Å². The molecule has 194 valence electrons. The van der Waals surface area contributed by atoms with Gasteiger partial charge in [-0.05, 0) is 76.5 Å². The van der Waals surface area contributed by atoms with Crippen LogP contribution in [-0.4, -0.2) is 36.3 Å². The van der Waals surface area contributed by atoms with Crippen molar-refractivity contribution < 1.29 is 23.2 Å². The van der Waals surface area contributed by atoms with Gasteiger partial charge in [0.15, 0.2) is 0 Å². The smallest absolute Gasteiger partial charge is 0.311 e. The predicted molar refractivity (Wildman–Crippen MR) is 150 cm³/mol. The molecule has 35 heavy (non-hydrogen) atoms. The fraction of sp³-hybridized carbons (Fsp3) is 0.581. The molecule has 0 saturated carbocycles. The maximum atomic E-state index is 12.7. The van der Waals surface area contributed by atoms with Gasteiger partial charge in [0, 0.05) is 43.7 Å². The number of fused-ring (bicyclic) bond motifs is 1. The molecule has 0 aliphatic rings. The number of hydrogen-bond donors (Lipinski definition) is 1. The van der Waals surface area contributed by atoms with E-state index in [1.54, 1.807) is 12.1 Å². The van der Waals surface area contributed by atoms with Crippen molar-refractivity contribution in [2.75, 3.05) is 20.4 Å². The van der Waals surface area contributed by atoms with Crippen LogP contribution in [0.5, 0.6) is 5.75 Å². The number of H-pyrrole nitrogens is 1. The van der Waals surface area contributed by atoms with Crippen molar-refractivity contribution in [1.29, 1.82) is 0 Å². The second-order valence-electron chi connectivity index (χ2n) is 8.76. The van der Waals surface area contributed by atoms with E-state index in [0.717, 1.165) is 57.6 Å². The second-order valence-corrected chi connectivity index (χ2v) is 8.76. The van der Waals surface area contributed by atoms with E-state index in [-0.39, 0.29) is 23.1 Å². The number of benzene rings is 1. The summed E-state index contributed by atoms with van der Waals surface area (Å²) < 4.78 is 85.1. The third kappa shape index (κ3) is 12.3. The first-order valence-corrected chi connectivity index (χ1v) is 13.0. The molecule has 1 aromatic heterocycles. The molecule has 4 nitrogen and oxygen atoms in total. The quantitative estimate of drug-likeness (QED) is 0.0930. The first-order chi connectivity index (χ1) is 21.0. The van der Waals surface area contributed by atoms with Crippen LogP contribution in [0.25, 0.3) is 10.9 Å². The van der Waals surface area contributed by atoms with Gasteiger partial charge in [0.25, 0.3) is 0 Å². The Morgan fingerprint density at radius 1 is 1.00 bits per heavy atom. The number of hydrogen-bond acceptors (Lipinski definition) is 3. The summed E-state index contributed by atoms with van der Waals surface area (Å²) in [5, 5.41) is 0.0350. The zero-order chi connectivity index (χ0) is 33.7. The zero-order valence-corrected chi connectivity index (χ0v) is 21.1. The molecule has 0 fully saturated rings. The number of aromatic amines is 1. The Morgan fingerprint density at radius 2 is 1.71 bits per heavy atom. The molecule has 1 heterocycles. The van der Waals surface area contributed by atoms with Gasteiger partial charge in [-0.3, -0.25) is 4.79 Å². The van der Waals surface area contributed by atoms with Gasteiger partial charge in [-0.15, -0.1) is 0 Å². The Labute approximate surface area is 227 Å². The van der Waals surface area contributed by atoms with Crippen LogP contribution in [0, 0.1) is 0 Å². The van der Waals surface area contributed by atoms with Crippen LogP contribution in [0.3, 0.4) is 0 Å². The lowest BCUT2D eigenvalue weighted by molar-refractivity contribution is -0.134. The highest BCUT2D eigenvalue weighted by Crippen LogP contribution is 2.29. The van der Waals surface area contributed by atoms with E-state index in [4.69, 9.17) is 18.4 Å². The number of likely N-dealkylation sites (N-methyl/N-ethyl adjacent to an activating group) is 1. The van der Waals surface area contributed by atoms with E-state index in [2.05, 4.69) is 36.2 Å². The minimum atomic E-state index is -3.50. The minimum Gasteiger partial charge on any atom is -0.426 e. The van der Waals surface area contributed by atoms with Gasteiger partial charge in [0.05, 0.1) is 0 Å². The van der Waals surface area contributed by atoms with E-state index in [9.17, 15) is 4.79 Å². The third-order valence-electron chi connectivity index (χ3n) is 5.78. The normalized spacial score (nSPS) is 17.8. The van der Waals surface area contributed by atoms with E-state index in [1.807, 2.05) is 0 Å². The maximum absolute atomic E-state index is 12.7. The molecule has 1 aromatic carbocycles. The van der Waals surface area contributed by atoms with Gasteiger partial charge >= 0.3 is 5.97 Å². The molecule has 0 unspecified atom stereocenters. The second kappa shape index (κ2) is 18.0. The Bertz CT molecular complexity index is 1240. The topological polar surface area (TPSA) is 45.3 Å². The molecular weight excluding hydrogens is 432 g/mol. The average Bonchev–Trinajstić information content (AvgIpc) is 3.37. The summed E-state index contributed by atoms with van der Waals surface area (Å²) in [4.78, 5) is 15.1. The van der Waals surface area contributed by atoms with Crippen molar-refractivity contribution in [2.24, 2.45) is 0 Å². The lowest BCUT2D eigenvalue weighted by atomic mass is 10.1. The number of rotatable bonds is 19. The molecule has 0 spiro atoms. The summed E-state index contributed by atoms with van der Waals surface area (Å²) in [5.74, 6) is -0.558. The fourth-order valence-corrected chi connectivity index (χ4v) is 3.88. The highest BCUT2D eigenvalue weighted by atomic mass is 16.5. The van der Waals surface area contributed by atoms with Crippen LogP contribution in [0.2, 0.25) is 0 Å². The predicted octanol–water partition coefficient (Wildman–Crippen LogP) is 8.38. The van der Waals surface area contributed by atoms with E-state index < -0.39 is 37.7 Å². The van der Waals surface area contributed by atoms with E-state index in [0.29, 0.717) is 11.9 Å². The summed E-state index contributed by atoms with van der Waals surface area (Å²) in [6.45, 7) is -8.23. The number of unbranched alkanes of at least 4 members (excludes halogenated alkanes) is 9. The Balaban J connectivity index is 1.89. The molecule has 0 aliphatic heterocycles. The summed E-state index contributed by atoms with van der Waals surface area (Å²) >= 11 is 0. The molecule has 0 saturated heterocycles. The van der Waals surface area contributed by atoms with Gasteiger partial charge in [-0.25, -0.2) is 0 Å². The first kappa shape index (κ1) is 17.2. The molecule has 0 amide bonds. The number of nitrogens with zero attached hydrogens (tertiary/aromatic N) is 1. The van der Waals surface area contributed by atoms with Gasteiger partial charge in [-0.2, -0.15) is 0 Å². The number of carbonyl (C=O) groups excluding carboxylic acids is 1. The Kier molecular flexibility index (Phi) is 8.84. The molecule has 0 aliphatic carbocycles. The van der Waals surface area contributed by atoms with Crippen molar-refractivity contribution in [2.45, 2.75) is 96.8 Å². The molecule has 4 heteroatoms. The molecule has 0 bridgehead atoms. The third-order valence-corrected chi connectivity index (χ3v) is 5.78. The molecule has 2 rings (SSSR count). The SMILES string of the molecule is [2H]C([2H])([2H])N(C([2H])([2H])[2H])C([2H])([2H])C([2H])([2H])c1c[nH]c2cccc(OC(=O)CCCCCCCC/C=C\C/C=C\CCCCC)c12. The van der Waals surface area contributed by atoms with Crippen molar-refractivity contribution in [3.63, 3.8) is 0 Å². The lowest BCUT2D eigenvalue weighted by Gasteiger charge is -2.10.